The summed E-state index contributed by atoms with van der Waals surface area (Å²) in [5, 5.41) is 14.6. The average Bonchev–Trinajstić information content (AvgIpc) is 2.85. The quantitative estimate of drug-likeness (QED) is 0.315. The Morgan fingerprint density at radius 2 is 1.65 bits per heavy atom. The van der Waals surface area contributed by atoms with Crippen molar-refractivity contribution < 1.29 is 9.59 Å². The molecule has 10 heteroatoms. The molecule has 10 nitrogen and oxygen atoms in total. The second-order valence-electron chi connectivity index (χ2n) is 7.86. The van der Waals surface area contributed by atoms with Crippen molar-refractivity contribution in [1.82, 2.24) is 14.9 Å². The van der Waals surface area contributed by atoms with Gasteiger partial charge in [-0.05, 0) is 36.4 Å². The molecule has 0 spiro atoms. The monoisotopic (exact) mass is 458 g/mol. The van der Waals surface area contributed by atoms with Gasteiger partial charge < -0.3 is 26.2 Å². The fourth-order valence-electron chi connectivity index (χ4n) is 3.86. The summed E-state index contributed by atoms with van der Waals surface area (Å²) in [6.07, 6.45) is 1.96. The van der Waals surface area contributed by atoms with Crippen LogP contribution in [0.2, 0.25) is 0 Å². The average molecular weight is 459 g/mol. The van der Waals surface area contributed by atoms with Crippen LogP contribution in [0, 0.1) is 5.41 Å². The number of hydrogen-bond donors (Lipinski definition) is 4. The zero-order chi connectivity index (χ0) is 24.1. The van der Waals surface area contributed by atoms with Crippen LogP contribution < -0.4 is 21.3 Å². The van der Waals surface area contributed by atoms with E-state index in [0.717, 1.165) is 24.5 Å². The molecule has 2 heterocycles. The molecule has 1 aliphatic rings. The van der Waals surface area contributed by atoms with Crippen molar-refractivity contribution in [3.8, 4) is 0 Å². The number of piperazine rings is 1. The third-order valence-electron chi connectivity index (χ3n) is 5.75. The van der Waals surface area contributed by atoms with E-state index in [1.807, 2.05) is 29.2 Å². The number of rotatable bonds is 7. The van der Waals surface area contributed by atoms with Gasteiger partial charge in [0.2, 0.25) is 12.3 Å². The first-order chi connectivity index (χ1) is 16.5. The predicted molar refractivity (Wildman–Crippen MR) is 133 cm³/mol. The van der Waals surface area contributed by atoms with Gasteiger partial charge in [0.1, 0.15) is 18.0 Å². The third kappa shape index (κ3) is 4.96. The molecule has 174 valence electrons. The maximum atomic E-state index is 11.6. The number of carbonyl (C=O) groups is 2. The number of benzene rings is 2. The van der Waals surface area contributed by atoms with Gasteiger partial charge in [-0.15, -0.1) is 0 Å². The molecule has 1 aromatic heterocycles. The van der Waals surface area contributed by atoms with Crippen molar-refractivity contribution in [2.45, 2.75) is 6.92 Å². The van der Waals surface area contributed by atoms with Crippen molar-refractivity contribution in [1.29, 1.82) is 5.41 Å². The van der Waals surface area contributed by atoms with Crippen LogP contribution in [0.1, 0.15) is 18.1 Å². The molecule has 1 fully saturated rings. The first kappa shape index (κ1) is 22.7. The van der Waals surface area contributed by atoms with E-state index in [4.69, 9.17) is 11.1 Å². The number of nitrogen functional groups attached to an aromatic ring is 1. The van der Waals surface area contributed by atoms with Gasteiger partial charge in [0, 0.05) is 55.7 Å². The number of carbonyl (C=O) groups excluding carboxylic acids is 2. The van der Waals surface area contributed by atoms with Crippen LogP contribution in [0.4, 0.5) is 28.7 Å². The van der Waals surface area contributed by atoms with Gasteiger partial charge in [-0.1, -0.05) is 12.1 Å². The fraction of sp³-hybridized carbons (Fsp3) is 0.208. The molecule has 5 N–H and O–H groups in total. The van der Waals surface area contributed by atoms with E-state index in [9.17, 15) is 9.59 Å². The second kappa shape index (κ2) is 9.99. The van der Waals surface area contributed by atoms with Crippen LogP contribution in [-0.2, 0) is 9.59 Å². The maximum Gasteiger partial charge on any atom is 0.219 e. The van der Waals surface area contributed by atoms with Crippen LogP contribution in [0.5, 0.6) is 0 Å². The van der Waals surface area contributed by atoms with E-state index in [2.05, 4.69) is 25.5 Å². The molecule has 2 aromatic carbocycles. The molecule has 0 atom stereocenters. The molecule has 1 aliphatic heterocycles. The van der Waals surface area contributed by atoms with Crippen molar-refractivity contribution in [3.63, 3.8) is 0 Å². The summed E-state index contributed by atoms with van der Waals surface area (Å²) >= 11 is 0. The van der Waals surface area contributed by atoms with Crippen LogP contribution in [0.3, 0.4) is 0 Å². The van der Waals surface area contributed by atoms with Crippen molar-refractivity contribution in [3.05, 3.63) is 66.0 Å². The molecule has 2 amide bonds. The highest BCUT2D eigenvalue weighted by molar-refractivity contribution is 6.16. The Balaban J connectivity index is 1.51. The lowest BCUT2D eigenvalue weighted by molar-refractivity contribution is -0.129. The Bertz CT molecular complexity index is 1190. The van der Waals surface area contributed by atoms with Crippen molar-refractivity contribution >= 4 is 46.7 Å². The summed E-state index contributed by atoms with van der Waals surface area (Å²) < 4.78 is 0. The van der Waals surface area contributed by atoms with Gasteiger partial charge in [-0.3, -0.25) is 15.0 Å². The highest BCUT2D eigenvalue weighted by atomic mass is 16.2. The Kier molecular flexibility index (Phi) is 6.67. The van der Waals surface area contributed by atoms with Gasteiger partial charge in [0.05, 0.1) is 11.3 Å². The summed E-state index contributed by atoms with van der Waals surface area (Å²) in [4.78, 5) is 34.6. The molecular weight excluding hydrogens is 432 g/mol. The SMILES string of the molecule is CC(=O)N1CCN(c2ccc(C(=N)c3c(N)ncnc3Nc3ccc(NC=O)cc3)cc2)CC1. The normalized spacial score (nSPS) is 13.3. The molecule has 0 radical (unpaired) electrons. The second-order valence-corrected chi connectivity index (χ2v) is 7.86. The van der Waals surface area contributed by atoms with Crippen LogP contribution in [-0.4, -0.2) is 59.1 Å². The molecule has 0 bridgehead atoms. The van der Waals surface area contributed by atoms with Gasteiger partial charge in [0.25, 0.3) is 0 Å². The zero-order valence-electron chi connectivity index (χ0n) is 18.8. The minimum atomic E-state index is 0.101. The molecule has 0 unspecified atom stereocenters. The summed E-state index contributed by atoms with van der Waals surface area (Å²) in [7, 11) is 0. The molecule has 1 saturated heterocycles. The Morgan fingerprint density at radius 1 is 1.00 bits per heavy atom. The molecule has 4 rings (SSSR count). The first-order valence-electron chi connectivity index (χ1n) is 10.8. The lowest BCUT2D eigenvalue weighted by atomic mass is 10.0. The fourth-order valence-corrected chi connectivity index (χ4v) is 3.86. The van der Waals surface area contributed by atoms with Crippen LogP contribution in [0.15, 0.2) is 54.9 Å². The highest BCUT2D eigenvalue weighted by Gasteiger charge is 2.20. The van der Waals surface area contributed by atoms with E-state index >= 15 is 0 Å². The van der Waals surface area contributed by atoms with E-state index in [1.165, 1.54) is 6.33 Å². The number of amides is 2. The highest BCUT2D eigenvalue weighted by Crippen LogP contribution is 2.26. The Morgan fingerprint density at radius 3 is 2.26 bits per heavy atom. The van der Waals surface area contributed by atoms with Gasteiger partial charge >= 0.3 is 0 Å². The largest absolute Gasteiger partial charge is 0.383 e. The van der Waals surface area contributed by atoms with Crippen LogP contribution >= 0.6 is 0 Å². The molecule has 34 heavy (non-hydrogen) atoms. The summed E-state index contributed by atoms with van der Waals surface area (Å²) in [5.74, 6) is 0.716. The molecule has 0 saturated carbocycles. The number of aromatic nitrogens is 2. The number of nitrogens with one attached hydrogen (secondary N) is 3. The minimum absolute atomic E-state index is 0.101. The Labute approximate surface area is 197 Å². The van der Waals surface area contributed by atoms with E-state index in [0.29, 0.717) is 42.1 Å². The molecule has 0 aliphatic carbocycles. The smallest absolute Gasteiger partial charge is 0.219 e. The van der Waals surface area contributed by atoms with Gasteiger partial charge in [-0.25, -0.2) is 9.97 Å². The standard InChI is InChI=1S/C24H26N8O2/c1-16(34)31-10-12-32(13-11-31)20-8-2-17(3-9-20)22(25)21-23(26)27-14-28-24(21)30-19-6-4-18(5-7-19)29-15-33/h2-9,14-15,25H,10-13H2,1H3,(H,29,33)(H3,26,27,28,30). The summed E-state index contributed by atoms with van der Waals surface area (Å²) in [6, 6.07) is 14.8. The number of nitrogens with zero attached hydrogens (tertiary/aromatic N) is 4. The third-order valence-corrected chi connectivity index (χ3v) is 5.75. The van der Waals surface area contributed by atoms with E-state index in [-0.39, 0.29) is 17.4 Å². The number of hydrogen-bond acceptors (Lipinski definition) is 8. The number of anilines is 5. The lowest BCUT2D eigenvalue weighted by Crippen LogP contribution is -2.48. The van der Waals surface area contributed by atoms with Gasteiger partial charge in [0.15, 0.2) is 0 Å². The topological polar surface area (TPSA) is 140 Å². The summed E-state index contributed by atoms with van der Waals surface area (Å²) in [6.45, 7) is 4.53. The zero-order valence-corrected chi connectivity index (χ0v) is 18.8. The van der Waals surface area contributed by atoms with E-state index < -0.39 is 0 Å². The minimum Gasteiger partial charge on any atom is -0.383 e. The predicted octanol–water partition coefficient (Wildman–Crippen LogP) is 2.46. The van der Waals surface area contributed by atoms with Gasteiger partial charge in [-0.2, -0.15) is 0 Å². The van der Waals surface area contributed by atoms with E-state index in [1.54, 1.807) is 31.2 Å². The molecular formula is C24H26N8O2. The first-order valence-corrected chi connectivity index (χ1v) is 10.8. The van der Waals surface area contributed by atoms with Crippen LogP contribution in [0.25, 0.3) is 0 Å². The number of nitrogens with two attached hydrogens (primary N) is 1. The maximum absolute atomic E-state index is 11.6. The Hall–Kier alpha value is -4.47. The lowest BCUT2D eigenvalue weighted by Gasteiger charge is -2.35. The van der Waals surface area contributed by atoms with Crippen molar-refractivity contribution in [2.24, 2.45) is 0 Å². The molecule has 3 aromatic rings. The summed E-state index contributed by atoms with van der Waals surface area (Å²) in [5.41, 5.74) is 9.86. The van der Waals surface area contributed by atoms with Crippen molar-refractivity contribution in [2.75, 3.05) is 47.4 Å².